The van der Waals surface area contributed by atoms with E-state index in [0.29, 0.717) is 18.5 Å². The van der Waals surface area contributed by atoms with Gasteiger partial charge in [0, 0.05) is 17.9 Å². The number of benzene rings is 1. The summed E-state index contributed by atoms with van der Waals surface area (Å²) in [5.41, 5.74) is 0.695. The molecule has 0 aliphatic heterocycles. The average Bonchev–Trinajstić information content (AvgIpc) is 2.42. The highest BCUT2D eigenvalue weighted by molar-refractivity contribution is 7.98. The Hall–Kier alpha value is -1.49. The second kappa shape index (κ2) is 8.58. The normalized spacial score (nSPS) is 10.2. The summed E-state index contributed by atoms with van der Waals surface area (Å²) in [6.07, 6.45) is 4.42. The molecule has 0 saturated heterocycles. The van der Waals surface area contributed by atoms with Gasteiger partial charge in [-0.25, -0.2) is 0 Å². The lowest BCUT2D eigenvalue weighted by Gasteiger charge is -2.08. The quantitative estimate of drug-likeness (QED) is 0.568. The molecular weight excluding hydrogens is 262 g/mol. The number of carbonyl (C=O) groups excluding carboxylic acids is 1. The zero-order valence-corrected chi connectivity index (χ0v) is 11.8. The predicted molar refractivity (Wildman–Crippen MR) is 76.7 cm³/mol. The van der Waals surface area contributed by atoms with Crippen LogP contribution in [0, 0.1) is 0 Å². The second-order valence-electron chi connectivity index (χ2n) is 4.16. The Bertz CT molecular complexity index is 434. The van der Waals surface area contributed by atoms with Crippen LogP contribution in [0.2, 0.25) is 0 Å². The van der Waals surface area contributed by atoms with Crippen LogP contribution in [0.1, 0.15) is 36.0 Å². The van der Waals surface area contributed by atoms with Crippen LogP contribution in [-0.4, -0.2) is 29.8 Å². The van der Waals surface area contributed by atoms with Crippen LogP contribution in [0.3, 0.4) is 0 Å². The summed E-state index contributed by atoms with van der Waals surface area (Å²) < 4.78 is 0. The Labute approximate surface area is 117 Å². The number of hydrogen-bond donors (Lipinski definition) is 2. The molecule has 0 heterocycles. The number of aliphatic carboxylic acids is 1. The minimum Gasteiger partial charge on any atom is -0.481 e. The lowest BCUT2D eigenvalue weighted by atomic mass is 10.2. The van der Waals surface area contributed by atoms with E-state index in [2.05, 4.69) is 5.32 Å². The van der Waals surface area contributed by atoms with Gasteiger partial charge in [-0.2, -0.15) is 0 Å². The first kappa shape index (κ1) is 15.6. The maximum absolute atomic E-state index is 11.9. The molecule has 0 saturated carbocycles. The van der Waals surface area contributed by atoms with Crippen LogP contribution in [0.5, 0.6) is 0 Å². The van der Waals surface area contributed by atoms with Crippen molar-refractivity contribution < 1.29 is 14.7 Å². The van der Waals surface area contributed by atoms with Gasteiger partial charge in [-0.1, -0.05) is 18.6 Å². The molecular formula is C14H19NO3S. The molecule has 1 amide bonds. The smallest absolute Gasteiger partial charge is 0.303 e. The van der Waals surface area contributed by atoms with Gasteiger partial charge in [0.25, 0.3) is 5.91 Å². The summed E-state index contributed by atoms with van der Waals surface area (Å²) in [5.74, 6) is -0.832. The zero-order chi connectivity index (χ0) is 14.1. The maximum atomic E-state index is 11.9. The van der Waals surface area contributed by atoms with Crippen molar-refractivity contribution >= 4 is 23.6 Å². The first-order valence-corrected chi connectivity index (χ1v) is 7.50. The summed E-state index contributed by atoms with van der Waals surface area (Å²) in [6, 6.07) is 7.49. The standard InChI is InChI=1S/C14H19NO3S/c1-19-12-8-5-4-7-11(12)14(18)15-10-6-2-3-9-13(16)17/h4-5,7-8H,2-3,6,9-10H2,1H3,(H,15,18)(H,16,17). The van der Waals surface area contributed by atoms with Crippen molar-refractivity contribution in [3.05, 3.63) is 29.8 Å². The van der Waals surface area contributed by atoms with Gasteiger partial charge >= 0.3 is 5.97 Å². The molecule has 0 aromatic heterocycles. The van der Waals surface area contributed by atoms with E-state index in [1.807, 2.05) is 30.5 Å². The largest absolute Gasteiger partial charge is 0.481 e. The van der Waals surface area contributed by atoms with Crippen molar-refractivity contribution in [1.29, 1.82) is 0 Å². The highest BCUT2D eigenvalue weighted by Gasteiger charge is 2.09. The molecule has 0 bridgehead atoms. The highest BCUT2D eigenvalue weighted by atomic mass is 32.2. The fraction of sp³-hybridized carbons (Fsp3) is 0.429. The summed E-state index contributed by atoms with van der Waals surface area (Å²) in [4.78, 5) is 23.2. The number of rotatable bonds is 8. The number of hydrogen-bond acceptors (Lipinski definition) is 3. The van der Waals surface area contributed by atoms with Gasteiger partial charge in [0.05, 0.1) is 5.56 Å². The van der Waals surface area contributed by atoms with E-state index < -0.39 is 5.97 Å². The molecule has 4 nitrogen and oxygen atoms in total. The van der Waals surface area contributed by atoms with E-state index >= 15 is 0 Å². The molecule has 1 aromatic rings. The Balaban J connectivity index is 2.29. The van der Waals surface area contributed by atoms with E-state index in [4.69, 9.17) is 5.11 Å². The van der Waals surface area contributed by atoms with Gasteiger partial charge in [0.15, 0.2) is 0 Å². The van der Waals surface area contributed by atoms with Crippen LogP contribution in [0.15, 0.2) is 29.2 Å². The molecule has 0 unspecified atom stereocenters. The predicted octanol–water partition coefficient (Wildman–Crippen LogP) is 2.78. The molecule has 0 fully saturated rings. The molecule has 1 rings (SSSR count). The third-order valence-electron chi connectivity index (χ3n) is 2.70. The third kappa shape index (κ3) is 5.79. The van der Waals surface area contributed by atoms with Gasteiger partial charge < -0.3 is 10.4 Å². The van der Waals surface area contributed by atoms with Gasteiger partial charge in [0.2, 0.25) is 0 Å². The van der Waals surface area contributed by atoms with Crippen molar-refractivity contribution in [2.24, 2.45) is 0 Å². The van der Waals surface area contributed by atoms with Crippen LogP contribution >= 0.6 is 11.8 Å². The Kier molecular flexibility index (Phi) is 7.03. The van der Waals surface area contributed by atoms with Crippen molar-refractivity contribution in [3.63, 3.8) is 0 Å². The first-order chi connectivity index (χ1) is 9.15. The second-order valence-corrected chi connectivity index (χ2v) is 5.01. The Morgan fingerprint density at radius 3 is 2.63 bits per heavy atom. The lowest BCUT2D eigenvalue weighted by Crippen LogP contribution is -2.24. The Morgan fingerprint density at radius 1 is 1.21 bits per heavy atom. The number of thioether (sulfide) groups is 1. The van der Waals surface area contributed by atoms with Gasteiger partial charge in [0.1, 0.15) is 0 Å². The fourth-order valence-electron chi connectivity index (χ4n) is 1.71. The molecule has 5 heteroatoms. The van der Waals surface area contributed by atoms with E-state index in [9.17, 15) is 9.59 Å². The maximum Gasteiger partial charge on any atom is 0.303 e. The molecule has 104 valence electrons. The van der Waals surface area contributed by atoms with E-state index in [0.717, 1.165) is 17.7 Å². The number of unbranched alkanes of at least 4 members (excludes halogenated alkanes) is 2. The molecule has 0 aliphatic rings. The van der Waals surface area contributed by atoms with Crippen LogP contribution in [0.25, 0.3) is 0 Å². The molecule has 0 aliphatic carbocycles. The zero-order valence-electron chi connectivity index (χ0n) is 11.0. The van der Waals surface area contributed by atoms with E-state index in [1.54, 1.807) is 11.8 Å². The molecule has 0 atom stereocenters. The molecule has 1 aromatic carbocycles. The number of carbonyl (C=O) groups is 2. The number of carboxylic acids is 1. The number of amides is 1. The lowest BCUT2D eigenvalue weighted by molar-refractivity contribution is -0.137. The monoisotopic (exact) mass is 281 g/mol. The fourth-order valence-corrected chi connectivity index (χ4v) is 2.30. The average molecular weight is 281 g/mol. The van der Waals surface area contributed by atoms with Crippen LogP contribution in [-0.2, 0) is 4.79 Å². The molecule has 0 radical (unpaired) electrons. The Morgan fingerprint density at radius 2 is 1.95 bits per heavy atom. The first-order valence-electron chi connectivity index (χ1n) is 6.28. The van der Waals surface area contributed by atoms with Crippen molar-refractivity contribution in [3.8, 4) is 0 Å². The van der Waals surface area contributed by atoms with Crippen LogP contribution in [0.4, 0.5) is 0 Å². The minimum absolute atomic E-state index is 0.0665. The van der Waals surface area contributed by atoms with Gasteiger partial charge in [-0.3, -0.25) is 9.59 Å². The summed E-state index contributed by atoms with van der Waals surface area (Å²) in [7, 11) is 0. The number of carboxylic acid groups (broad SMARTS) is 1. The SMILES string of the molecule is CSc1ccccc1C(=O)NCCCCCC(=O)O. The van der Waals surface area contributed by atoms with E-state index in [-0.39, 0.29) is 12.3 Å². The van der Waals surface area contributed by atoms with Crippen molar-refractivity contribution in [2.75, 3.05) is 12.8 Å². The van der Waals surface area contributed by atoms with E-state index in [1.165, 1.54) is 0 Å². The molecule has 2 N–H and O–H groups in total. The summed E-state index contributed by atoms with van der Waals surface area (Å²) in [5, 5.41) is 11.4. The number of nitrogens with one attached hydrogen (secondary N) is 1. The van der Waals surface area contributed by atoms with Gasteiger partial charge in [-0.15, -0.1) is 11.8 Å². The van der Waals surface area contributed by atoms with Gasteiger partial charge in [-0.05, 0) is 31.2 Å². The summed E-state index contributed by atoms with van der Waals surface area (Å²) in [6.45, 7) is 0.584. The van der Waals surface area contributed by atoms with Crippen LogP contribution < -0.4 is 5.32 Å². The molecule has 19 heavy (non-hydrogen) atoms. The highest BCUT2D eigenvalue weighted by Crippen LogP contribution is 2.19. The van der Waals surface area contributed by atoms with Crippen molar-refractivity contribution in [1.82, 2.24) is 5.32 Å². The molecule has 0 spiro atoms. The minimum atomic E-state index is -0.766. The topological polar surface area (TPSA) is 66.4 Å². The third-order valence-corrected chi connectivity index (χ3v) is 3.50. The van der Waals surface area contributed by atoms with Crippen molar-refractivity contribution in [2.45, 2.75) is 30.6 Å². The summed E-state index contributed by atoms with van der Waals surface area (Å²) >= 11 is 1.55.